The average molecular weight is 335 g/mol. The summed E-state index contributed by atoms with van der Waals surface area (Å²) in [6, 6.07) is 9.39. The molecule has 0 aliphatic heterocycles. The molecule has 2 atom stereocenters. The van der Waals surface area contributed by atoms with Crippen LogP contribution in [0.3, 0.4) is 0 Å². The van der Waals surface area contributed by atoms with Gasteiger partial charge in [0, 0.05) is 13.8 Å². The third-order valence-corrected chi connectivity index (χ3v) is 3.66. The number of hydrogen-bond donors (Lipinski definition) is 1. The molecule has 0 spiro atoms. The van der Waals surface area contributed by atoms with Gasteiger partial charge in [0.25, 0.3) is 0 Å². The van der Waals surface area contributed by atoms with Crippen LogP contribution >= 0.6 is 0 Å². The minimum atomic E-state index is -1.21. The van der Waals surface area contributed by atoms with Crippen molar-refractivity contribution in [2.45, 2.75) is 39.7 Å². The minimum absolute atomic E-state index is 0.0260. The van der Waals surface area contributed by atoms with Crippen LogP contribution in [-0.4, -0.2) is 36.6 Å². The van der Waals surface area contributed by atoms with Gasteiger partial charge >= 0.3 is 11.9 Å². The predicted molar refractivity (Wildman–Crippen MR) is 89.1 cm³/mol. The summed E-state index contributed by atoms with van der Waals surface area (Å²) in [4.78, 5) is 35.3. The molecular formula is C18H25NO5. The molecule has 24 heavy (non-hydrogen) atoms. The summed E-state index contributed by atoms with van der Waals surface area (Å²) >= 11 is 0. The van der Waals surface area contributed by atoms with Crippen molar-refractivity contribution in [3.05, 3.63) is 35.9 Å². The Labute approximate surface area is 142 Å². The van der Waals surface area contributed by atoms with E-state index >= 15 is 0 Å². The van der Waals surface area contributed by atoms with E-state index in [2.05, 4.69) is 5.32 Å². The molecule has 1 aromatic carbocycles. The topological polar surface area (TPSA) is 81.7 Å². The lowest BCUT2D eigenvalue weighted by molar-refractivity contribution is -0.172. The number of hydrogen-bond acceptors (Lipinski definition) is 5. The number of rotatable bonds is 8. The Morgan fingerprint density at radius 3 is 2.29 bits per heavy atom. The molecule has 0 bridgehead atoms. The number of benzene rings is 1. The fourth-order valence-electron chi connectivity index (χ4n) is 2.50. The largest absolute Gasteiger partial charge is 0.466 e. The Hall–Kier alpha value is -2.37. The van der Waals surface area contributed by atoms with Crippen LogP contribution < -0.4 is 5.32 Å². The minimum Gasteiger partial charge on any atom is -0.466 e. The molecule has 132 valence electrons. The van der Waals surface area contributed by atoms with Gasteiger partial charge in [0.1, 0.15) is 11.5 Å². The fourth-order valence-corrected chi connectivity index (χ4v) is 2.50. The highest BCUT2D eigenvalue weighted by molar-refractivity contribution is 5.77. The van der Waals surface area contributed by atoms with Crippen molar-refractivity contribution in [2.24, 2.45) is 5.92 Å². The summed E-state index contributed by atoms with van der Waals surface area (Å²) in [6.07, 6.45) is 0.336. The van der Waals surface area contributed by atoms with Gasteiger partial charge < -0.3 is 14.8 Å². The number of amides is 1. The van der Waals surface area contributed by atoms with Crippen molar-refractivity contribution in [2.75, 3.05) is 13.2 Å². The zero-order valence-corrected chi connectivity index (χ0v) is 14.6. The highest BCUT2D eigenvalue weighted by Crippen LogP contribution is 2.27. The van der Waals surface area contributed by atoms with Crippen LogP contribution in [0.25, 0.3) is 0 Å². The van der Waals surface area contributed by atoms with Gasteiger partial charge in [-0.25, -0.2) is 0 Å². The van der Waals surface area contributed by atoms with E-state index < -0.39 is 23.5 Å². The molecule has 0 unspecified atom stereocenters. The van der Waals surface area contributed by atoms with Crippen molar-refractivity contribution in [1.82, 2.24) is 5.32 Å². The molecule has 0 saturated heterocycles. The van der Waals surface area contributed by atoms with Gasteiger partial charge in [0.05, 0.1) is 13.2 Å². The van der Waals surface area contributed by atoms with E-state index in [1.165, 1.54) is 13.8 Å². The van der Waals surface area contributed by atoms with Gasteiger partial charge in [-0.1, -0.05) is 30.3 Å². The lowest BCUT2D eigenvalue weighted by Crippen LogP contribution is -2.52. The number of esters is 2. The van der Waals surface area contributed by atoms with Gasteiger partial charge in [-0.3, -0.25) is 14.4 Å². The van der Waals surface area contributed by atoms with Crippen LogP contribution in [0.5, 0.6) is 0 Å². The first-order valence-corrected chi connectivity index (χ1v) is 7.93. The maximum absolute atomic E-state index is 12.5. The van der Waals surface area contributed by atoms with E-state index in [0.717, 1.165) is 5.56 Å². The van der Waals surface area contributed by atoms with E-state index in [0.29, 0.717) is 6.42 Å². The molecule has 6 heteroatoms. The standard InChI is InChI=1S/C18H25NO5/c1-5-23-17(22)16(11-15-9-7-6-8-10-15)18(4,24-14(3)21)12-19-13(2)20/h6-10,16H,5,11-12H2,1-4H3,(H,19,20)/t16-,18+/m0/s1. The van der Waals surface area contributed by atoms with Gasteiger partial charge in [0.15, 0.2) is 0 Å². The van der Waals surface area contributed by atoms with Gasteiger partial charge in [-0.2, -0.15) is 0 Å². The summed E-state index contributed by atoms with van der Waals surface area (Å²) < 4.78 is 10.6. The molecular weight excluding hydrogens is 310 g/mol. The Morgan fingerprint density at radius 2 is 1.79 bits per heavy atom. The summed E-state index contributed by atoms with van der Waals surface area (Å²) in [5, 5.41) is 2.63. The van der Waals surface area contributed by atoms with Crippen LogP contribution in [0.15, 0.2) is 30.3 Å². The molecule has 0 aliphatic carbocycles. The van der Waals surface area contributed by atoms with Crippen molar-refractivity contribution >= 4 is 17.8 Å². The molecule has 6 nitrogen and oxygen atoms in total. The number of carbonyl (C=O) groups is 3. The average Bonchev–Trinajstić information content (AvgIpc) is 2.51. The summed E-state index contributed by atoms with van der Waals surface area (Å²) in [7, 11) is 0. The molecule has 1 rings (SSSR count). The molecule has 1 N–H and O–H groups in total. The second-order valence-electron chi connectivity index (χ2n) is 5.81. The highest BCUT2D eigenvalue weighted by Gasteiger charge is 2.43. The first-order chi connectivity index (χ1) is 11.3. The van der Waals surface area contributed by atoms with E-state index in [9.17, 15) is 14.4 Å². The summed E-state index contributed by atoms with van der Waals surface area (Å²) in [6.45, 7) is 6.24. The molecule has 0 radical (unpaired) electrons. The van der Waals surface area contributed by atoms with Crippen LogP contribution in [0.1, 0.15) is 33.3 Å². The first-order valence-electron chi connectivity index (χ1n) is 7.93. The summed E-state index contributed by atoms with van der Waals surface area (Å²) in [5.74, 6) is -1.99. The zero-order chi connectivity index (χ0) is 18.2. The second-order valence-corrected chi connectivity index (χ2v) is 5.81. The third-order valence-electron chi connectivity index (χ3n) is 3.66. The van der Waals surface area contributed by atoms with Crippen molar-refractivity contribution < 1.29 is 23.9 Å². The third kappa shape index (κ3) is 6.02. The smallest absolute Gasteiger partial charge is 0.313 e. The maximum atomic E-state index is 12.5. The van der Waals surface area contributed by atoms with Crippen molar-refractivity contribution in [3.63, 3.8) is 0 Å². The van der Waals surface area contributed by atoms with E-state index in [1.54, 1.807) is 13.8 Å². The quantitative estimate of drug-likeness (QED) is 0.734. The zero-order valence-electron chi connectivity index (χ0n) is 14.6. The SMILES string of the molecule is CCOC(=O)[C@H](Cc1ccccc1)[C@@](C)(CNC(C)=O)OC(C)=O. The fraction of sp³-hybridized carbons (Fsp3) is 0.500. The highest BCUT2D eigenvalue weighted by atomic mass is 16.6. The number of nitrogens with one attached hydrogen (secondary N) is 1. The molecule has 0 aromatic heterocycles. The lowest BCUT2D eigenvalue weighted by Gasteiger charge is -2.35. The molecule has 0 heterocycles. The van der Waals surface area contributed by atoms with Crippen LogP contribution in [0, 0.1) is 5.92 Å². The molecule has 0 aliphatic rings. The van der Waals surface area contributed by atoms with Gasteiger partial charge in [-0.15, -0.1) is 0 Å². The van der Waals surface area contributed by atoms with E-state index in [4.69, 9.17) is 9.47 Å². The molecule has 0 saturated carbocycles. The monoisotopic (exact) mass is 335 g/mol. The molecule has 1 amide bonds. The van der Waals surface area contributed by atoms with Crippen LogP contribution in [0.4, 0.5) is 0 Å². The first kappa shape index (κ1) is 19.7. The normalized spacial score (nSPS) is 14.2. The Morgan fingerprint density at radius 1 is 1.17 bits per heavy atom. The van der Waals surface area contributed by atoms with Crippen LogP contribution in [-0.2, 0) is 30.3 Å². The Kier molecular flexibility index (Phi) is 7.42. The molecule has 1 aromatic rings. The number of ether oxygens (including phenoxy) is 2. The lowest BCUT2D eigenvalue weighted by atomic mass is 9.83. The predicted octanol–water partition coefficient (Wildman–Crippen LogP) is 1.87. The second kappa shape index (κ2) is 9.05. The molecule has 0 fully saturated rings. The Balaban J connectivity index is 3.14. The van der Waals surface area contributed by atoms with Crippen molar-refractivity contribution in [1.29, 1.82) is 0 Å². The van der Waals surface area contributed by atoms with E-state index in [1.807, 2.05) is 30.3 Å². The van der Waals surface area contributed by atoms with E-state index in [-0.39, 0.29) is 19.1 Å². The van der Waals surface area contributed by atoms with Crippen molar-refractivity contribution in [3.8, 4) is 0 Å². The van der Waals surface area contributed by atoms with Crippen LogP contribution in [0.2, 0.25) is 0 Å². The summed E-state index contributed by atoms with van der Waals surface area (Å²) in [5.41, 5.74) is -0.295. The van der Waals surface area contributed by atoms with Gasteiger partial charge in [0.2, 0.25) is 5.91 Å². The maximum Gasteiger partial charge on any atom is 0.313 e. The van der Waals surface area contributed by atoms with Gasteiger partial charge in [-0.05, 0) is 25.8 Å². The Bertz CT molecular complexity index is 572. The number of carbonyl (C=O) groups excluding carboxylic acids is 3.